The van der Waals surface area contributed by atoms with Crippen LogP contribution in [-0.4, -0.2) is 29.6 Å². The van der Waals surface area contributed by atoms with Crippen molar-refractivity contribution in [2.45, 2.75) is 31.4 Å². The Balaban J connectivity index is 1.33. The summed E-state index contributed by atoms with van der Waals surface area (Å²) in [4.78, 5) is 14.5. The molecule has 3 heteroatoms. The van der Waals surface area contributed by atoms with E-state index in [0.29, 0.717) is 12.3 Å². The van der Waals surface area contributed by atoms with Crippen LogP contribution in [0, 0.1) is 5.92 Å². The third-order valence-electron chi connectivity index (χ3n) is 4.91. The van der Waals surface area contributed by atoms with E-state index >= 15 is 0 Å². The van der Waals surface area contributed by atoms with Crippen LogP contribution in [0.15, 0.2) is 60.7 Å². The minimum absolute atomic E-state index is 0.332. The highest BCUT2D eigenvalue weighted by atomic mass is 32.2. The lowest BCUT2D eigenvalue weighted by Gasteiger charge is -2.32. The fourth-order valence-electron chi connectivity index (χ4n) is 3.42. The molecule has 2 aromatic rings. The van der Waals surface area contributed by atoms with Gasteiger partial charge >= 0.3 is 0 Å². The first-order valence-electron chi connectivity index (χ1n) is 9.24. The van der Waals surface area contributed by atoms with Gasteiger partial charge in [0.2, 0.25) is 5.91 Å². The minimum atomic E-state index is 0.332. The Morgan fingerprint density at radius 3 is 2.16 bits per heavy atom. The maximum absolute atomic E-state index is 12.4. The predicted octanol–water partition coefficient (Wildman–Crippen LogP) is 4.79. The molecule has 0 N–H and O–H groups in total. The molecule has 1 heterocycles. The van der Waals surface area contributed by atoms with Gasteiger partial charge in [-0.2, -0.15) is 11.8 Å². The molecule has 0 unspecified atom stereocenters. The minimum Gasteiger partial charge on any atom is -0.343 e. The molecule has 3 rings (SSSR count). The smallest absolute Gasteiger partial charge is 0.223 e. The van der Waals surface area contributed by atoms with Crippen LogP contribution in [-0.2, 0) is 17.0 Å². The highest BCUT2D eigenvalue weighted by Crippen LogP contribution is 2.22. The first-order valence-corrected chi connectivity index (χ1v) is 10.4. The van der Waals surface area contributed by atoms with Crippen LogP contribution in [0.3, 0.4) is 0 Å². The van der Waals surface area contributed by atoms with Crippen molar-refractivity contribution < 1.29 is 4.79 Å². The third kappa shape index (κ3) is 5.93. The van der Waals surface area contributed by atoms with E-state index in [-0.39, 0.29) is 0 Å². The van der Waals surface area contributed by atoms with Gasteiger partial charge in [-0.1, -0.05) is 60.7 Å². The van der Waals surface area contributed by atoms with E-state index in [9.17, 15) is 4.79 Å². The Morgan fingerprint density at radius 1 is 0.920 bits per heavy atom. The number of rotatable bonds is 7. The average Bonchev–Trinajstić information content (AvgIpc) is 2.67. The molecule has 0 spiro atoms. The monoisotopic (exact) mass is 353 g/mol. The number of amides is 1. The molecule has 0 atom stereocenters. The molecule has 1 aliphatic rings. The molecular formula is C22H27NOS. The molecule has 132 valence electrons. The molecule has 0 aromatic heterocycles. The summed E-state index contributed by atoms with van der Waals surface area (Å²) in [5, 5.41) is 0. The van der Waals surface area contributed by atoms with E-state index < -0.39 is 0 Å². The van der Waals surface area contributed by atoms with Gasteiger partial charge in [0.05, 0.1) is 0 Å². The van der Waals surface area contributed by atoms with Gasteiger partial charge in [0.15, 0.2) is 0 Å². The summed E-state index contributed by atoms with van der Waals surface area (Å²) in [5.74, 6) is 2.96. The van der Waals surface area contributed by atoms with Crippen LogP contribution >= 0.6 is 11.8 Å². The summed E-state index contributed by atoms with van der Waals surface area (Å²) < 4.78 is 0. The molecule has 25 heavy (non-hydrogen) atoms. The summed E-state index contributed by atoms with van der Waals surface area (Å²) in [5.41, 5.74) is 2.76. The van der Waals surface area contributed by atoms with Crippen molar-refractivity contribution in [3.63, 3.8) is 0 Å². The zero-order valence-corrected chi connectivity index (χ0v) is 15.6. The van der Waals surface area contributed by atoms with Crippen molar-refractivity contribution in [1.82, 2.24) is 4.90 Å². The van der Waals surface area contributed by atoms with Crippen LogP contribution in [0.4, 0.5) is 0 Å². The second kappa shape index (κ2) is 9.67. The largest absolute Gasteiger partial charge is 0.343 e. The Morgan fingerprint density at radius 2 is 1.52 bits per heavy atom. The first kappa shape index (κ1) is 18.1. The van der Waals surface area contributed by atoms with E-state index in [0.717, 1.165) is 49.8 Å². The molecule has 0 saturated carbocycles. The maximum atomic E-state index is 12.4. The molecule has 1 amide bonds. The zero-order chi connectivity index (χ0) is 17.3. The average molecular weight is 354 g/mol. The number of hydrogen-bond acceptors (Lipinski definition) is 2. The molecule has 2 aromatic carbocycles. The van der Waals surface area contributed by atoms with Gasteiger partial charge in [0.1, 0.15) is 0 Å². The summed E-state index contributed by atoms with van der Waals surface area (Å²) in [6.45, 7) is 1.86. The second-order valence-corrected chi connectivity index (χ2v) is 7.91. The lowest BCUT2D eigenvalue weighted by atomic mass is 9.90. The van der Waals surface area contributed by atoms with Gasteiger partial charge in [-0.25, -0.2) is 0 Å². The number of piperidine rings is 1. The quantitative estimate of drug-likeness (QED) is 0.667. The van der Waals surface area contributed by atoms with E-state index in [4.69, 9.17) is 0 Å². The SMILES string of the molecule is O=C(CCSCc1ccccc1)N1CCC(Cc2ccccc2)CC1. The van der Waals surface area contributed by atoms with Gasteiger partial charge in [-0.15, -0.1) is 0 Å². The van der Waals surface area contributed by atoms with Crippen molar-refractivity contribution >= 4 is 17.7 Å². The number of hydrogen-bond donors (Lipinski definition) is 0. The molecule has 1 fully saturated rings. The number of carbonyl (C=O) groups is 1. The molecule has 0 bridgehead atoms. The number of likely N-dealkylation sites (tertiary alicyclic amines) is 1. The maximum Gasteiger partial charge on any atom is 0.223 e. The summed E-state index contributed by atoms with van der Waals surface area (Å²) in [7, 11) is 0. The van der Waals surface area contributed by atoms with E-state index in [2.05, 4.69) is 59.5 Å². The lowest BCUT2D eigenvalue weighted by Crippen LogP contribution is -2.39. The third-order valence-corrected chi connectivity index (χ3v) is 5.94. The van der Waals surface area contributed by atoms with Crippen LogP contribution in [0.25, 0.3) is 0 Å². The lowest BCUT2D eigenvalue weighted by molar-refractivity contribution is -0.132. The highest BCUT2D eigenvalue weighted by molar-refractivity contribution is 7.98. The fourth-order valence-corrected chi connectivity index (χ4v) is 4.31. The van der Waals surface area contributed by atoms with E-state index in [1.54, 1.807) is 0 Å². The zero-order valence-electron chi connectivity index (χ0n) is 14.8. The Labute approximate surface area is 155 Å². The van der Waals surface area contributed by atoms with Crippen LogP contribution in [0.1, 0.15) is 30.4 Å². The highest BCUT2D eigenvalue weighted by Gasteiger charge is 2.22. The normalized spacial score (nSPS) is 15.3. The van der Waals surface area contributed by atoms with Crippen LogP contribution in [0.5, 0.6) is 0 Å². The van der Waals surface area contributed by atoms with E-state index in [1.165, 1.54) is 11.1 Å². The number of thioether (sulfide) groups is 1. The van der Waals surface area contributed by atoms with Crippen molar-refractivity contribution in [1.29, 1.82) is 0 Å². The first-order chi connectivity index (χ1) is 12.3. The van der Waals surface area contributed by atoms with Gasteiger partial charge in [0.25, 0.3) is 0 Å². The van der Waals surface area contributed by atoms with Crippen LogP contribution in [0.2, 0.25) is 0 Å². The molecule has 1 saturated heterocycles. The Kier molecular flexibility index (Phi) is 6.99. The number of carbonyl (C=O) groups excluding carboxylic acids is 1. The molecule has 1 aliphatic heterocycles. The van der Waals surface area contributed by atoms with E-state index in [1.807, 2.05) is 17.8 Å². The van der Waals surface area contributed by atoms with Gasteiger partial charge < -0.3 is 4.90 Å². The summed E-state index contributed by atoms with van der Waals surface area (Å²) in [6, 6.07) is 21.2. The Bertz CT molecular complexity index is 636. The van der Waals surface area contributed by atoms with Gasteiger partial charge in [0, 0.05) is 31.0 Å². The second-order valence-electron chi connectivity index (χ2n) is 6.80. The Hall–Kier alpha value is -1.74. The topological polar surface area (TPSA) is 20.3 Å². The van der Waals surface area contributed by atoms with Crippen molar-refractivity contribution in [2.24, 2.45) is 5.92 Å². The van der Waals surface area contributed by atoms with Crippen molar-refractivity contribution in [3.8, 4) is 0 Å². The summed E-state index contributed by atoms with van der Waals surface area (Å²) >= 11 is 1.85. The van der Waals surface area contributed by atoms with Crippen LogP contribution < -0.4 is 0 Å². The van der Waals surface area contributed by atoms with Gasteiger partial charge in [-0.3, -0.25) is 4.79 Å². The standard InChI is InChI=1S/C22H27NOS/c24-22(13-16-25-18-21-9-5-2-6-10-21)23-14-11-20(12-15-23)17-19-7-3-1-4-8-19/h1-10,20H,11-18H2. The predicted molar refractivity (Wildman–Crippen MR) is 107 cm³/mol. The van der Waals surface area contributed by atoms with Crippen molar-refractivity contribution in [3.05, 3.63) is 71.8 Å². The molecule has 0 aliphatic carbocycles. The number of nitrogens with zero attached hydrogens (tertiary/aromatic N) is 1. The van der Waals surface area contributed by atoms with Crippen molar-refractivity contribution in [2.75, 3.05) is 18.8 Å². The molecule has 0 radical (unpaired) electrons. The molecule has 2 nitrogen and oxygen atoms in total. The summed E-state index contributed by atoms with van der Waals surface area (Å²) in [6.07, 6.45) is 4.09. The fraction of sp³-hybridized carbons (Fsp3) is 0.409. The molecular weight excluding hydrogens is 326 g/mol. The van der Waals surface area contributed by atoms with Gasteiger partial charge in [-0.05, 0) is 36.3 Å². The number of benzene rings is 2.